The molecule has 2 atom stereocenters. The summed E-state index contributed by atoms with van der Waals surface area (Å²) < 4.78 is 54.5. The summed E-state index contributed by atoms with van der Waals surface area (Å²) in [6, 6.07) is 1.79. The third-order valence-corrected chi connectivity index (χ3v) is 5.17. The second-order valence-corrected chi connectivity index (χ2v) is 7.28. The van der Waals surface area contributed by atoms with Crippen LogP contribution in [0.2, 0.25) is 0 Å². The van der Waals surface area contributed by atoms with Crippen molar-refractivity contribution in [3.05, 3.63) is 41.0 Å². The van der Waals surface area contributed by atoms with Crippen molar-refractivity contribution in [2.45, 2.75) is 59.3 Å². The minimum Gasteiger partial charge on any atom is -0.211 e. The first-order chi connectivity index (χ1) is 11.3. The zero-order chi connectivity index (χ0) is 17.9. The summed E-state index contributed by atoms with van der Waals surface area (Å²) in [7, 11) is 0. The van der Waals surface area contributed by atoms with Crippen LogP contribution in [0.4, 0.5) is 17.6 Å². The van der Waals surface area contributed by atoms with Crippen LogP contribution in [-0.4, -0.2) is 0 Å². The molecule has 1 aromatic rings. The first kappa shape index (κ1) is 19.0. The molecule has 0 N–H and O–H groups in total. The fraction of sp³-hybridized carbons (Fsp3) is 0.600. The molecule has 2 rings (SSSR count). The van der Waals surface area contributed by atoms with E-state index in [2.05, 4.69) is 20.8 Å². The minimum atomic E-state index is -1.51. The molecule has 0 saturated heterocycles. The molecule has 4 heteroatoms. The number of hydrogen-bond donors (Lipinski definition) is 0. The summed E-state index contributed by atoms with van der Waals surface area (Å²) in [6.07, 6.45) is 4.79. The van der Waals surface area contributed by atoms with E-state index in [0.717, 1.165) is 37.8 Å². The summed E-state index contributed by atoms with van der Waals surface area (Å²) in [5, 5.41) is 0. The van der Waals surface area contributed by atoms with E-state index in [-0.39, 0.29) is 17.3 Å². The topological polar surface area (TPSA) is 0 Å². The quantitative estimate of drug-likeness (QED) is 0.384. The highest BCUT2D eigenvalue weighted by Gasteiger charge is 2.28. The molecule has 134 valence electrons. The zero-order valence-electron chi connectivity index (χ0n) is 14.6. The van der Waals surface area contributed by atoms with Gasteiger partial charge in [0.15, 0.2) is 17.5 Å². The third kappa shape index (κ3) is 4.40. The van der Waals surface area contributed by atoms with Crippen LogP contribution in [0.3, 0.4) is 0 Å². The molecule has 0 saturated carbocycles. The molecule has 0 spiro atoms. The van der Waals surface area contributed by atoms with Crippen LogP contribution < -0.4 is 0 Å². The van der Waals surface area contributed by atoms with E-state index >= 15 is 0 Å². The van der Waals surface area contributed by atoms with Gasteiger partial charge in [0, 0.05) is 6.42 Å². The number of allylic oxidation sites excluding steroid dienone is 2. The van der Waals surface area contributed by atoms with Gasteiger partial charge >= 0.3 is 0 Å². The lowest BCUT2D eigenvalue weighted by Crippen LogP contribution is -2.19. The molecule has 1 aromatic carbocycles. The molecule has 2 unspecified atom stereocenters. The van der Waals surface area contributed by atoms with Crippen LogP contribution >= 0.6 is 0 Å². The number of hydrogen-bond acceptors (Lipinski definition) is 0. The Morgan fingerprint density at radius 3 is 2.17 bits per heavy atom. The predicted octanol–water partition coefficient (Wildman–Crippen LogP) is 7.05. The molecular formula is C20H26F4. The smallest absolute Gasteiger partial charge is 0.194 e. The first-order valence-electron chi connectivity index (χ1n) is 8.85. The van der Waals surface area contributed by atoms with Crippen LogP contribution in [0.15, 0.2) is 18.0 Å². The van der Waals surface area contributed by atoms with E-state index in [0.29, 0.717) is 30.3 Å². The van der Waals surface area contributed by atoms with Gasteiger partial charge < -0.3 is 0 Å². The van der Waals surface area contributed by atoms with Gasteiger partial charge in [-0.25, -0.2) is 17.6 Å². The monoisotopic (exact) mass is 342 g/mol. The molecule has 0 aromatic heterocycles. The summed E-state index contributed by atoms with van der Waals surface area (Å²) in [5.74, 6) is -2.97. The second kappa shape index (κ2) is 8.17. The zero-order valence-corrected chi connectivity index (χ0v) is 14.6. The van der Waals surface area contributed by atoms with E-state index < -0.39 is 17.5 Å². The van der Waals surface area contributed by atoms with E-state index in [1.165, 1.54) is 0 Å². The van der Waals surface area contributed by atoms with Gasteiger partial charge in [0.05, 0.1) is 0 Å². The van der Waals surface area contributed by atoms with Crippen molar-refractivity contribution >= 4 is 5.57 Å². The fourth-order valence-electron chi connectivity index (χ4n) is 3.67. The average molecular weight is 342 g/mol. The Bertz CT molecular complexity index is 581. The highest BCUT2D eigenvalue weighted by atomic mass is 19.2. The third-order valence-electron chi connectivity index (χ3n) is 5.17. The maximum absolute atomic E-state index is 14.6. The van der Waals surface area contributed by atoms with Gasteiger partial charge in [-0.1, -0.05) is 33.6 Å². The summed E-state index contributed by atoms with van der Waals surface area (Å²) in [6.45, 7) is 6.50. The molecular weight excluding hydrogens is 316 g/mol. The van der Waals surface area contributed by atoms with Gasteiger partial charge in [-0.15, -0.1) is 0 Å². The molecule has 0 bridgehead atoms. The Labute approximate surface area is 142 Å². The van der Waals surface area contributed by atoms with Crippen LogP contribution in [0.1, 0.15) is 64.9 Å². The molecule has 0 amide bonds. The molecule has 0 heterocycles. The lowest BCUT2D eigenvalue weighted by molar-refractivity contribution is 0.251. The summed E-state index contributed by atoms with van der Waals surface area (Å²) >= 11 is 0. The van der Waals surface area contributed by atoms with Crippen molar-refractivity contribution in [2.24, 2.45) is 17.8 Å². The van der Waals surface area contributed by atoms with Gasteiger partial charge in [-0.05, 0) is 60.3 Å². The Morgan fingerprint density at radius 2 is 1.67 bits per heavy atom. The summed E-state index contributed by atoms with van der Waals surface area (Å²) in [5.41, 5.74) is 0.445. The SMILES string of the molecule is CCC(CCC(C)C)C1CCC(c2cc(F)c(F)c(F)c2)=C(F)C1. The van der Waals surface area contributed by atoms with Crippen molar-refractivity contribution in [1.29, 1.82) is 0 Å². The van der Waals surface area contributed by atoms with E-state index in [1.807, 2.05) is 0 Å². The predicted molar refractivity (Wildman–Crippen MR) is 89.5 cm³/mol. The Balaban J connectivity index is 2.16. The largest absolute Gasteiger partial charge is 0.211 e. The van der Waals surface area contributed by atoms with Gasteiger partial charge in [0.1, 0.15) is 5.83 Å². The van der Waals surface area contributed by atoms with Gasteiger partial charge in [-0.2, -0.15) is 0 Å². The molecule has 24 heavy (non-hydrogen) atoms. The van der Waals surface area contributed by atoms with Crippen molar-refractivity contribution in [3.63, 3.8) is 0 Å². The molecule has 0 radical (unpaired) electrons. The molecule has 0 fully saturated rings. The molecule has 1 aliphatic carbocycles. The average Bonchev–Trinajstić information content (AvgIpc) is 2.52. The van der Waals surface area contributed by atoms with Crippen LogP contribution in [0, 0.1) is 35.2 Å². The maximum atomic E-state index is 14.6. The standard InChI is InChI=1S/C20H26F4/c1-4-13(6-5-12(2)3)14-7-8-16(17(21)9-14)15-10-18(22)20(24)19(23)11-15/h10-14H,4-9H2,1-3H3. The molecule has 1 aliphatic rings. The number of halogens is 4. The van der Waals surface area contributed by atoms with Crippen LogP contribution in [0.5, 0.6) is 0 Å². The number of benzene rings is 1. The summed E-state index contributed by atoms with van der Waals surface area (Å²) in [4.78, 5) is 0. The number of rotatable bonds is 6. The normalized spacial score (nSPS) is 19.9. The maximum Gasteiger partial charge on any atom is 0.194 e. The van der Waals surface area contributed by atoms with Crippen molar-refractivity contribution in [3.8, 4) is 0 Å². The lowest BCUT2D eigenvalue weighted by atomic mass is 9.75. The van der Waals surface area contributed by atoms with E-state index in [1.54, 1.807) is 0 Å². The van der Waals surface area contributed by atoms with Gasteiger partial charge in [0.2, 0.25) is 0 Å². The van der Waals surface area contributed by atoms with Crippen molar-refractivity contribution in [1.82, 2.24) is 0 Å². The Kier molecular flexibility index (Phi) is 6.47. The second-order valence-electron chi connectivity index (χ2n) is 7.28. The highest BCUT2D eigenvalue weighted by molar-refractivity contribution is 5.68. The first-order valence-corrected chi connectivity index (χ1v) is 8.85. The Morgan fingerprint density at radius 1 is 1.04 bits per heavy atom. The van der Waals surface area contributed by atoms with Gasteiger partial charge in [0.25, 0.3) is 0 Å². The van der Waals surface area contributed by atoms with Crippen LogP contribution in [0.25, 0.3) is 5.57 Å². The Hall–Kier alpha value is -1.32. The van der Waals surface area contributed by atoms with Crippen molar-refractivity contribution < 1.29 is 17.6 Å². The van der Waals surface area contributed by atoms with E-state index in [9.17, 15) is 17.6 Å². The minimum absolute atomic E-state index is 0.123. The lowest BCUT2D eigenvalue weighted by Gasteiger charge is -2.31. The highest BCUT2D eigenvalue weighted by Crippen LogP contribution is 2.41. The van der Waals surface area contributed by atoms with E-state index in [4.69, 9.17) is 0 Å². The fourth-order valence-corrected chi connectivity index (χ4v) is 3.67. The van der Waals surface area contributed by atoms with Crippen LogP contribution in [-0.2, 0) is 0 Å². The molecule has 0 aliphatic heterocycles. The molecule has 0 nitrogen and oxygen atoms in total. The van der Waals surface area contributed by atoms with Gasteiger partial charge in [-0.3, -0.25) is 0 Å². The van der Waals surface area contributed by atoms with Crippen molar-refractivity contribution in [2.75, 3.05) is 0 Å².